The van der Waals surface area contributed by atoms with Crippen molar-refractivity contribution in [2.24, 2.45) is 0 Å². The summed E-state index contributed by atoms with van der Waals surface area (Å²) >= 11 is 0. The monoisotopic (exact) mass is 343 g/mol. The average molecular weight is 343 g/mol. The van der Waals surface area contributed by atoms with Gasteiger partial charge in [0.1, 0.15) is 6.10 Å². The fourth-order valence-electron chi connectivity index (χ4n) is 2.82. The summed E-state index contributed by atoms with van der Waals surface area (Å²) in [7, 11) is 3.18. The first-order valence-corrected chi connectivity index (χ1v) is 8.32. The topological polar surface area (TPSA) is 67.8 Å². The van der Waals surface area contributed by atoms with Crippen molar-refractivity contribution in [1.82, 2.24) is 5.32 Å². The van der Waals surface area contributed by atoms with Crippen LogP contribution in [0.2, 0.25) is 0 Å². The molecule has 134 valence electrons. The van der Waals surface area contributed by atoms with Gasteiger partial charge in [-0.25, -0.2) is 4.79 Å². The molecule has 0 unspecified atom stereocenters. The summed E-state index contributed by atoms with van der Waals surface area (Å²) in [5.41, 5.74) is 3.61. The summed E-state index contributed by atoms with van der Waals surface area (Å²) in [5.74, 6) is -0.590. The molecule has 0 aliphatic carbocycles. The van der Waals surface area contributed by atoms with Gasteiger partial charge in [0, 0.05) is 13.2 Å². The maximum atomic E-state index is 12.0. The second-order valence-corrected chi connectivity index (χ2v) is 5.66. The molecule has 0 bridgehead atoms. The standard InChI is InChI=1S/C20H25NO4/c1-4-25-19(20(23)24-3)18(22)17-11-6-5-10-16(17)15-9-7-8-14(12-15)13-21-2/h5-12,18-19,21-22H,4,13H2,1-3H3/t18-,19+/m1/s1. The third-order valence-electron chi connectivity index (χ3n) is 3.96. The van der Waals surface area contributed by atoms with Crippen LogP contribution in [0, 0.1) is 0 Å². The Kier molecular flexibility index (Phi) is 7.13. The number of rotatable bonds is 8. The molecule has 0 aromatic heterocycles. The molecule has 0 radical (unpaired) electrons. The number of hydrogen-bond acceptors (Lipinski definition) is 5. The predicted octanol–water partition coefficient (Wildman–Crippen LogP) is 2.68. The number of hydrogen-bond donors (Lipinski definition) is 2. The molecule has 2 aromatic rings. The van der Waals surface area contributed by atoms with Crippen molar-refractivity contribution in [3.63, 3.8) is 0 Å². The molecular weight excluding hydrogens is 318 g/mol. The highest BCUT2D eigenvalue weighted by molar-refractivity contribution is 5.77. The van der Waals surface area contributed by atoms with Crippen molar-refractivity contribution >= 4 is 5.97 Å². The first-order valence-electron chi connectivity index (χ1n) is 8.32. The molecular formula is C20H25NO4. The summed E-state index contributed by atoms with van der Waals surface area (Å²) in [4.78, 5) is 12.0. The Balaban J connectivity index is 2.43. The van der Waals surface area contributed by atoms with Gasteiger partial charge in [0.15, 0.2) is 6.10 Å². The lowest BCUT2D eigenvalue weighted by Crippen LogP contribution is -2.32. The molecule has 2 atom stereocenters. The lowest BCUT2D eigenvalue weighted by atomic mass is 9.93. The molecule has 0 amide bonds. The van der Waals surface area contributed by atoms with E-state index in [1.807, 2.05) is 43.4 Å². The van der Waals surface area contributed by atoms with E-state index in [2.05, 4.69) is 11.4 Å². The first kappa shape index (κ1) is 19.1. The van der Waals surface area contributed by atoms with Crippen molar-refractivity contribution in [3.05, 3.63) is 59.7 Å². The third-order valence-corrected chi connectivity index (χ3v) is 3.96. The number of benzene rings is 2. The maximum absolute atomic E-state index is 12.0. The Morgan fingerprint density at radius 1 is 1.20 bits per heavy atom. The van der Waals surface area contributed by atoms with Crippen molar-refractivity contribution in [3.8, 4) is 11.1 Å². The number of aliphatic hydroxyl groups excluding tert-OH is 1. The van der Waals surface area contributed by atoms with E-state index < -0.39 is 18.2 Å². The van der Waals surface area contributed by atoms with E-state index in [0.717, 1.165) is 23.2 Å². The van der Waals surface area contributed by atoms with Crippen LogP contribution in [0.3, 0.4) is 0 Å². The van der Waals surface area contributed by atoms with Gasteiger partial charge in [-0.05, 0) is 42.3 Å². The van der Waals surface area contributed by atoms with Crippen molar-refractivity contribution < 1.29 is 19.4 Å². The zero-order chi connectivity index (χ0) is 18.2. The molecule has 0 saturated carbocycles. The van der Waals surface area contributed by atoms with Crippen LogP contribution in [0.4, 0.5) is 0 Å². The van der Waals surface area contributed by atoms with Crippen LogP contribution in [0.5, 0.6) is 0 Å². The zero-order valence-corrected chi connectivity index (χ0v) is 14.9. The van der Waals surface area contributed by atoms with Gasteiger partial charge in [-0.1, -0.05) is 42.5 Å². The lowest BCUT2D eigenvalue weighted by molar-refractivity contribution is -0.162. The summed E-state index contributed by atoms with van der Waals surface area (Å²) < 4.78 is 10.2. The highest BCUT2D eigenvalue weighted by Gasteiger charge is 2.31. The molecule has 2 rings (SSSR count). The van der Waals surface area contributed by atoms with Gasteiger partial charge < -0.3 is 19.9 Å². The predicted molar refractivity (Wildman–Crippen MR) is 97.0 cm³/mol. The lowest BCUT2D eigenvalue weighted by Gasteiger charge is -2.23. The average Bonchev–Trinajstić information content (AvgIpc) is 2.65. The molecule has 0 saturated heterocycles. The Morgan fingerprint density at radius 3 is 2.64 bits per heavy atom. The Bertz CT molecular complexity index is 702. The highest BCUT2D eigenvalue weighted by atomic mass is 16.6. The second kappa shape index (κ2) is 9.32. The van der Waals surface area contributed by atoms with Crippen LogP contribution in [0.25, 0.3) is 11.1 Å². The van der Waals surface area contributed by atoms with Crippen LogP contribution >= 0.6 is 0 Å². The summed E-state index contributed by atoms with van der Waals surface area (Å²) in [6, 6.07) is 15.5. The minimum atomic E-state index is -1.11. The molecule has 5 heteroatoms. The van der Waals surface area contributed by atoms with Gasteiger partial charge >= 0.3 is 5.97 Å². The van der Waals surface area contributed by atoms with Crippen molar-refractivity contribution in [2.45, 2.75) is 25.7 Å². The number of carbonyl (C=O) groups excluding carboxylic acids is 1. The second-order valence-electron chi connectivity index (χ2n) is 5.66. The van der Waals surface area contributed by atoms with Gasteiger partial charge in [-0.15, -0.1) is 0 Å². The molecule has 0 aliphatic rings. The van der Waals surface area contributed by atoms with E-state index in [1.54, 1.807) is 13.0 Å². The first-order chi connectivity index (χ1) is 12.1. The molecule has 0 aliphatic heterocycles. The summed E-state index contributed by atoms with van der Waals surface area (Å²) in [5, 5.41) is 13.9. The molecule has 0 spiro atoms. The van der Waals surface area contributed by atoms with Gasteiger partial charge in [-0.2, -0.15) is 0 Å². The van der Waals surface area contributed by atoms with Gasteiger partial charge in [0.05, 0.1) is 7.11 Å². The van der Waals surface area contributed by atoms with E-state index in [0.29, 0.717) is 12.2 Å². The number of ether oxygens (including phenoxy) is 2. The molecule has 0 heterocycles. The maximum Gasteiger partial charge on any atom is 0.338 e. The van der Waals surface area contributed by atoms with Crippen LogP contribution < -0.4 is 5.32 Å². The highest BCUT2D eigenvalue weighted by Crippen LogP contribution is 2.31. The smallest absolute Gasteiger partial charge is 0.338 e. The van der Waals surface area contributed by atoms with E-state index >= 15 is 0 Å². The zero-order valence-electron chi connectivity index (χ0n) is 14.9. The normalized spacial score (nSPS) is 13.3. The minimum absolute atomic E-state index is 0.302. The van der Waals surface area contributed by atoms with Gasteiger partial charge in [0.2, 0.25) is 0 Å². The number of carbonyl (C=O) groups is 1. The summed E-state index contributed by atoms with van der Waals surface area (Å²) in [6.07, 6.45) is -2.17. The number of esters is 1. The van der Waals surface area contributed by atoms with Crippen LogP contribution in [0.15, 0.2) is 48.5 Å². The largest absolute Gasteiger partial charge is 0.467 e. The van der Waals surface area contributed by atoms with E-state index in [9.17, 15) is 9.90 Å². The number of methoxy groups -OCH3 is 1. The SMILES string of the molecule is CCO[C@H](C(=O)OC)[C@H](O)c1ccccc1-c1cccc(CNC)c1. The van der Waals surface area contributed by atoms with E-state index in [4.69, 9.17) is 9.47 Å². The fraction of sp³-hybridized carbons (Fsp3) is 0.350. The number of nitrogens with one attached hydrogen (secondary N) is 1. The fourth-order valence-corrected chi connectivity index (χ4v) is 2.82. The summed E-state index contributed by atoms with van der Waals surface area (Å²) in [6.45, 7) is 2.83. The Morgan fingerprint density at radius 2 is 1.96 bits per heavy atom. The van der Waals surface area contributed by atoms with Gasteiger partial charge in [0.25, 0.3) is 0 Å². The molecule has 0 fully saturated rings. The third kappa shape index (κ3) is 4.66. The number of aliphatic hydroxyl groups is 1. The van der Waals surface area contributed by atoms with Crippen LogP contribution in [-0.4, -0.2) is 37.9 Å². The quantitative estimate of drug-likeness (QED) is 0.721. The molecule has 5 nitrogen and oxygen atoms in total. The minimum Gasteiger partial charge on any atom is -0.467 e. The van der Waals surface area contributed by atoms with Crippen molar-refractivity contribution in [2.75, 3.05) is 20.8 Å². The Labute approximate surface area is 148 Å². The van der Waals surface area contributed by atoms with E-state index in [-0.39, 0.29) is 0 Å². The van der Waals surface area contributed by atoms with Gasteiger partial charge in [-0.3, -0.25) is 0 Å². The van der Waals surface area contributed by atoms with E-state index in [1.165, 1.54) is 7.11 Å². The molecule has 2 N–H and O–H groups in total. The van der Waals surface area contributed by atoms with Crippen molar-refractivity contribution in [1.29, 1.82) is 0 Å². The van der Waals surface area contributed by atoms with Crippen LogP contribution in [0.1, 0.15) is 24.2 Å². The Hall–Kier alpha value is -2.21. The molecule has 25 heavy (non-hydrogen) atoms. The molecule has 2 aromatic carbocycles. The van der Waals surface area contributed by atoms with Crippen LogP contribution in [-0.2, 0) is 20.8 Å².